The first-order valence-corrected chi connectivity index (χ1v) is 10.6. The van der Waals surface area contributed by atoms with Crippen LogP contribution in [0.4, 0.5) is 5.69 Å². The van der Waals surface area contributed by atoms with Gasteiger partial charge in [-0.2, -0.15) is 0 Å². The van der Waals surface area contributed by atoms with E-state index in [9.17, 15) is 13.2 Å². The Hall–Kier alpha value is -1.09. The molecule has 1 aromatic carbocycles. The second-order valence-corrected chi connectivity index (χ2v) is 9.53. The van der Waals surface area contributed by atoms with Gasteiger partial charge < -0.3 is 10.2 Å². The Labute approximate surface area is 147 Å². The summed E-state index contributed by atoms with van der Waals surface area (Å²) in [5, 5.41) is 2.98. The highest BCUT2D eigenvalue weighted by Crippen LogP contribution is 2.36. The molecular formula is C16H23N3O3S2. The number of thioether (sulfide) groups is 1. The Morgan fingerprint density at radius 2 is 2.08 bits per heavy atom. The summed E-state index contributed by atoms with van der Waals surface area (Å²) in [6.07, 6.45) is 2.80. The van der Waals surface area contributed by atoms with E-state index in [2.05, 4.69) is 14.9 Å². The fourth-order valence-electron chi connectivity index (χ4n) is 3.03. The molecule has 2 aliphatic heterocycles. The number of hydrogen-bond donors (Lipinski definition) is 2. The zero-order valence-corrected chi connectivity index (χ0v) is 15.4. The molecule has 0 aromatic heterocycles. The van der Waals surface area contributed by atoms with Crippen LogP contribution in [0.25, 0.3) is 0 Å². The van der Waals surface area contributed by atoms with Crippen LogP contribution in [0, 0.1) is 0 Å². The highest BCUT2D eigenvalue weighted by molar-refractivity contribution is 8.00. The lowest BCUT2D eigenvalue weighted by Crippen LogP contribution is -2.33. The van der Waals surface area contributed by atoms with Crippen molar-refractivity contribution in [3.8, 4) is 0 Å². The molecule has 3 rings (SSSR count). The highest BCUT2D eigenvalue weighted by Gasteiger charge is 2.22. The van der Waals surface area contributed by atoms with Crippen LogP contribution < -0.4 is 10.0 Å². The Morgan fingerprint density at radius 3 is 2.83 bits per heavy atom. The Balaban J connectivity index is 1.70. The van der Waals surface area contributed by atoms with E-state index in [-0.39, 0.29) is 16.1 Å². The van der Waals surface area contributed by atoms with Crippen molar-refractivity contribution in [3.05, 3.63) is 18.2 Å². The van der Waals surface area contributed by atoms with Crippen molar-refractivity contribution < 1.29 is 13.2 Å². The lowest BCUT2D eigenvalue weighted by atomic mass is 10.3. The van der Waals surface area contributed by atoms with E-state index in [1.165, 1.54) is 12.8 Å². The van der Waals surface area contributed by atoms with Crippen LogP contribution in [0.5, 0.6) is 0 Å². The van der Waals surface area contributed by atoms with Crippen LogP contribution in [0.15, 0.2) is 28.0 Å². The van der Waals surface area contributed by atoms with Gasteiger partial charge in [0.05, 0.1) is 10.6 Å². The molecular weight excluding hydrogens is 346 g/mol. The molecule has 2 N–H and O–H groups in total. The quantitative estimate of drug-likeness (QED) is 0.829. The van der Waals surface area contributed by atoms with Crippen molar-refractivity contribution in [3.63, 3.8) is 0 Å². The molecule has 0 spiro atoms. The molecule has 24 heavy (non-hydrogen) atoms. The molecule has 0 bridgehead atoms. The van der Waals surface area contributed by atoms with E-state index in [0.717, 1.165) is 24.5 Å². The predicted octanol–water partition coefficient (Wildman–Crippen LogP) is 1.88. The summed E-state index contributed by atoms with van der Waals surface area (Å²) in [7, 11) is -3.57. The summed E-state index contributed by atoms with van der Waals surface area (Å²) in [4.78, 5) is 15.2. The number of anilines is 1. The molecule has 1 amide bonds. The Bertz CT molecular complexity index is 715. The number of amides is 1. The van der Waals surface area contributed by atoms with Crippen LogP contribution in [0.2, 0.25) is 0 Å². The van der Waals surface area contributed by atoms with Crippen LogP contribution in [-0.4, -0.2) is 50.7 Å². The molecule has 6 nitrogen and oxygen atoms in total. The van der Waals surface area contributed by atoms with E-state index in [1.54, 1.807) is 30.0 Å². The van der Waals surface area contributed by atoms with Crippen LogP contribution in [0.3, 0.4) is 0 Å². The zero-order valence-electron chi connectivity index (χ0n) is 13.7. The van der Waals surface area contributed by atoms with Crippen molar-refractivity contribution in [2.45, 2.75) is 41.2 Å². The fraction of sp³-hybridized carbons (Fsp3) is 0.562. The van der Waals surface area contributed by atoms with E-state index >= 15 is 0 Å². The number of nitrogens with zero attached hydrogens (tertiary/aromatic N) is 1. The molecule has 132 valence electrons. The van der Waals surface area contributed by atoms with Gasteiger partial charge in [0, 0.05) is 29.7 Å². The molecule has 1 saturated heterocycles. The largest absolute Gasteiger partial charge is 0.325 e. The van der Waals surface area contributed by atoms with Gasteiger partial charge >= 0.3 is 0 Å². The van der Waals surface area contributed by atoms with E-state index in [1.807, 2.05) is 6.92 Å². The maximum absolute atomic E-state index is 12.5. The van der Waals surface area contributed by atoms with Crippen molar-refractivity contribution >= 4 is 33.4 Å². The fourth-order valence-corrected chi connectivity index (χ4v) is 5.12. The van der Waals surface area contributed by atoms with Gasteiger partial charge in [-0.25, -0.2) is 13.1 Å². The Morgan fingerprint density at radius 1 is 1.33 bits per heavy atom. The van der Waals surface area contributed by atoms with Crippen LogP contribution in [0.1, 0.15) is 26.2 Å². The molecule has 2 heterocycles. The lowest BCUT2D eigenvalue weighted by Gasteiger charge is -2.15. The smallest absolute Gasteiger partial charge is 0.240 e. The number of fused-ring (bicyclic) bond motifs is 1. The number of carbonyl (C=O) groups is 1. The summed E-state index contributed by atoms with van der Waals surface area (Å²) in [6.45, 7) is 5.21. The Kier molecular flexibility index (Phi) is 5.49. The van der Waals surface area contributed by atoms with Gasteiger partial charge in [0.2, 0.25) is 15.9 Å². The first-order valence-electron chi connectivity index (χ1n) is 8.26. The molecule has 1 unspecified atom stereocenters. The normalized spacial score (nSPS) is 22.0. The minimum Gasteiger partial charge on any atom is -0.325 e. The van der Waals surface area contributed by atoms with Gasteiger partial charge in [-0.05, 0) is 44.1 Å². The summed E-state index contributed by atoms with van der Waals surface area (Å²) < 4.78 is 27.6. The molecule has 0 radical (unpaired) electrons. The van der Waals surface area contributed by atoms with Gasteiger partial charge in [-0.1, -0.05) is 6.92 Å². The maximum atomic E-state index is 12.5. The molecule has 2 aliphatic rings. The second-order valence-electron chi connectivity index (χ2n) is 6.29. The molecule has 1 aromatic rings. The first-order chi connectivity index (χ1) is 11.4. The molecule has 1 atom stereocenters. The minimum absolute atomic E-state index is 0.0784. The second kappa shape index (κ2) is 7.43. The van der Waals surface area contributed by atoms with Gasteiger partial charge in [0.1, 0.15) is 0 Å². The average Bonchev–Trinajstić information content (AvgIpc) is 2.96. The minimum atomic E-state index is -3.57. The summed E-state index contributed by atoms with van der Waals surface area (Å²) in [5.74, 6) is -0.0784. The molecule has 1 fully saturated rings. The topological polar surface area (TPSA) is 78.5 Å². The zero-order chi connectivity index (χ0) is 17.2. The van der Waals surface area contributed by atoms with Gasteiger partial charge in [-0.15, -0.1) is 11.8 Å². The predicted molar refractivity (Wildman–Crippen MR) is 95.9 cm³/mol. The number of benzene rings is 1. The highest BCUT2D eigenvalue weighted by atomic mass is 32.2. The van der Waals surface area contributed by atoms with E-state index in [0.29, 0.717) is 18.7 Å². The summed E-state index contributed by atoms with van der Waals surface area (Å²) in [5.41, 5.74) is 0.580. The van der Waals surface area contributed by atoms with Crippen molar-refractivity contribution in [1.29, 1.82) is 0 Å². The SMILES string of the molecule is CC1CC(=O)Nc2cc(S(=O)(=O)NCCN3CCCC3)ccc2S1. The number of likely N-dealkylation sites (tertiary alicyclic amines) is 1. The number of hydrogen-bond acceptors (Lipinski definition) is 5. The number of sulfonamides is 1. The van der Waals surface area contributed by atoms with Crippen molar-refractivity contribution in [1.82, 2.24) is 9.62 Å². The standard InChI is InChI=1S/C16H23N3O3S2/c1-12-10-16(20)18-14-11-13(4-5-15(14)23-12)24(21,22)17-6-9-19-7-2-3-8-19/h4-5,11-12,17H,2-3,6-10H2,1H3,(H,18,20). The van der Waals surface area contributed by atoms with Gasteiger partial charge in [0.25, 0.3) is 0 Å². The van der Waals surface area contributed by atoms with Gasteiger partial charge in [-0.3, -0.25) is 4.79 Å². The number of carbonyl (C=O) groups excluding carboxylic acids is 1. The third-order valence-corrected chi connectivity index (χ3v) is 6.89. The van der Waals surface area contributed by atoms with Crippen LogP contribution in [-0.2, 0) is 14.8 Å². The third kappa shape index (κ3) is 4.30. The monoisotopic (exact) mass is 369 g/mol. The number of nitrogens with one attached hydrogen (secondary N) is 2. The molecule has 0 saturated carbocycles. The van der Waals surface area contributed by atoms with Crippen molar-refractivity contribution in [2.24, 2.45) is 0 Å². The van der Waals surface area contributed by atoms with Crippen LogP contribution >= 0.6 is 11.8 Å². The molecule has 0 aliphatic carbocycles. The van der Waals surface area contributed by atoms with Gasteiger partial charge in [0.15, 0.2) is 0 Å². The van der Waals surface area contributed by atoms with E-state index < -0.39 is 10.0 Å². The maximum Gasteiger partial charge on any atom is 0.240 e. The van der Waals surface area contributed by atoms with Crippen molar-refractivity contribution in [2.75, 3.05) is 31.5 Å². The average molecular weight is 370 g/mol. The lowest BCUT2D eigenvalue weighted by molar-refractivity contribution is -0.116. The summed E-state index contributed by atoms with van der Waals surface area (Å²) >= 11 is 1.59. The first kappa shape index (κ1) is 17.7. The number of rotatable bonds is 5. The van der Waals surface area contributed by atoms with E-state index in [4.69, 9.17) is 0 Å². The molecule has 8 heteroatoms. The third-order valence-electron chi connectivity index (χ3n) is 4.26. The summed E-state index contributed by atoms with van der Waals surface area (Å²) in [6, 6.07) is 4.93.